The van der Waals surface area contributed by atoms with E-state index >= 15 is 0 Å². The van der Waals surface area contributed by atoms with Gasteiger partial charge >= 0.3 is 29.6 Å². The number of allylic oxidation sites excluding steroid dienone is 2. The molecule has 6 aromatic rings. The molecule has 0 fully saturated rings. The molecule has 7 rings (SSSR count). The first-order chi connectivity index (χ1) is 23.5. The average Bonchev–Trinajstić information content (AvgIpc) is 3.61. The first-order valence-corrected chi connectivity index (χ1v) is 20.5. The summed E-state index contributed by atoms with van der Waals surface area (Å²) in [5, 5.41) is 5.96. The van der Waals surface area contributed by atoms with Gasteiger partial charge in [0.25, 0.3) is 5.01 Å². The second-order valence-corrected chi connectivity index (χ2v) is 17.0. The van der Waals surface area contributed by atoms with Gasteiger partial charge in [-0.15, -0.1) is 0 Å². The number of rotatable bonds is 11. The van der Waals surface area contributed by atoms with Crippen LogP contribution in [0.3, 0.4) is 0 Å². The molecule has 2 heterocycles. The summed E-state index contributed by atoms with van der Waals surface area (Å²) < 4.78 is 72.6. The third-order valence-electron chi connectivity index (χ3n) is 8.45. The minimum atomic E-state index is -4.38. The topological polar surface area (TPSA) is 122 Å². The van der Waals surface area contributed by atoms with Crippen LogP contribution >= 0.6 is 23.1 Å². The van der Waals surface area contributed by atoms with Gasteiger partial charge < -0.3 is 14.0 Å². The maximum Gasteiger partial charge on any atom is 1.00 e. The van der Waals surface area contributed by atoms with Gasteiger partial charge in [0.2, 0.25) is 5.52 Å². The maximum atomic E-state index is 11.6. The molecule has 0 amide bonds. The fraction of sp³-hybridized carbons (Fsp3) is 0.162. The van der Waals surface area contributed by atoms with E-state index < -0.39 is 31.7 Å². The molecule has 0 unspecified atom stereocenters. The monoisotopic (exact) mass is 750 g/mol. The Morgan fingerprint density at radius 1 is 0.740 bits per heavy atom. The Bertz CT molecular complexity index is 2500. The van der Waals surface area contributed by atoms with Gasteiger partial charge in [0.15, 0.2) is 6.54 Å². The minimum Gasteiger partial charge on any atom is -0.748 e. The number of benzene rings is 5. The minimum absolute atomic E-state index is 0. The molecule has 1 aromatic heterocycles. The number of thiazole rings is 1. The number of hydrogen-bond donors (Lipinski definition) is 0. The van der Waals surface area contributed by atoms with Gasteiger partial charge in [-0.1, -0.05) is 108 Å². The van der Waals surface area contributed by atoms with Crippen molar-refractivity contribution in [2.75, 3.05) is 23.0 Å². The van der Waals surface area contributed by atoms with Gasteiger partial charge in [0.1, 0.15) is 4.70 Å². The Kier molecular flexibility index (Phi) is 11.2. The van der Waals surface area contributed by atoms with E-state index in [0.717, 1.165) is 63.5 Å². The molecule has 250 valence electrons. The van der Waals surface area contributed by atoms with E-state index in [1.54, 1.807) is 23.1 Å². The fourth-order valence-electron chi connectivity index (χ4n) is 6.31. The number of fused-ring (bicyclic) bond motifs is 6. The summed E-state index contributed by atoms with van der Waals surface area (Å²) in [4.78, 5) is 3.14. The molecule has 8 nitrogen and oxygen atoms in total. The predicted octanol–water partition coefficient (Wildman–Crippen LogP) is 4.36. The Balaban J connectivity index is 0.00000432. The van der Waals surface area contributed by atoms with E-state index in [9.17, 15) is 25.9 Å². The fourth-order valence-corrected chi connectivity index (χ4v) is 9.59. The molecule has 0 radical (unpaired) electrons. The van der Waals surface area contributed by atoms with Crippen LogP contribution in [0.4, 0.5) is 5.69 Å². The van der Waals surface area contributed by atoms with Gasteiger partial charge in [0.05, 0.1) is 36.3 Å². The molecule has 0 aliphatic carbocycles. The largest absolute Gasteiger partial charge is 1.00 e. The van der Waals surface area contributed by atoms with Crippen molar-refractivity contribution >= 4 is 92.4 Å². The van der Waals surface area contributed by atoms with E-state index in [-0.39, 0.29) is 42.4 Å². The zero-order chi connectivity index (χ0) is 34.2. The Hall–Kier alpha value is -3.04. The van der Waals surface area contributed by atoms with Crippen LogP contribution in [0, 0.1) is 0 Å². The van der Waals surface area contributed by atoms with Gasteiger partial charge in [-0.3, -0.25) is 0 Å². The molecule has 0 N–H and O–H groups in total. The second kappa shape index (κ2) is 15.3. The quantitative estimate of drug-likeness (QED) is 0.109. The van der Waals surface area contributed by atoms with E-state index in [1.165, 1.54) is 0 Å². The van der Waals surface area contributed by atoms with Gasteiger partial charge in [-0.25, -0.2) is 16.8 Å². The second-order valence-electron chi connectivity index (χ2n) is 11.8. The summed E-state index contributed by atoms with van der Waals surface area (Å²) in [6, 6.07) is 34.3. The zero-order valence-electron chi connectivity index (χ0n) is 27.2. The van der Waals surface area contributed by atoms with Crippen LogP contribution in [-0.2, 0) is 26.8 Å². The van der Waals surface area contributed by atoms with Crippen LogP contribution in [0.15, 0.2) is 119 Å². The van der Waals surface area contributed by atoms with E-state index in [4.69, 9.17) is 0 Å². The van der Waals surface area contributed by atoms with Crippen molar-refractivity contribution in [3.05, 3.63) is 125 Å². The molecule has 5 aromatic carbocycles. The molecule has 0 bridgehead atoms. The molecular weight excluding hydrogens is 720 g/mol. The Morgan fingerprint density at radius 2 is 1.36 bits per heavy atom. The van der Waals surface area contributed by atoms with Gasteiger partial charge in [-0.05, 0) is 52.6 Å². The van der Waals surface area contributed by atoms with Crippen LogP contribution < -0.4 is 39.0 Å². The van der Waals surface area contributed by atoms with Crippen molar-refractivity contribution in [2.24, 2.45) is 0 Å². The Morgan fingerprint density at radius 3 is 2.08 bits per heavy atom. The average molecular weight is 751 g/mol. The van der Waals surface area contributed by atoms with Crippen LogP contribution in [0.2, 0.25) is 0 Å². The van der Waals surface area contributed by atoms with Crippen LogP contribution in [-0.4, -0.2) is 44.0 Å². The molecule has 0 spiro atoms. The molecule has 0 atom stereocenters. The van der Waals surface area contributed by atoms with Crippen molar-refractivity contribution in [1.29, 1.82) is 0 Å². The van der Waals surface area contributed by atoms with E-state index in [0.29, 0.717) is 13.1 Å². The number of anilines is 1. The van der Waals surface area contributed by atoms with Crippen molar-refractivity contribution in [3.63, 3.8) is 0 Å². The smallest absolute Gasteiger partial charge is 0.748 e. The van der Waals surface area contributed by atoms with Crippen molar-refractivity contribution in [2.45, 2.75) is 24.3 Å². The van der Waals surface area contributed by atoms with Crippen LogP contribution in [0.25, 0.3) is 43.4 Å². The van der Waals surface area contributed by atoms with Crippen molar-refractivity contribution in [3.8, 4) is 0 Å². The molecule has 0 saturated carbocycles. The molecule has 50 heavy (non-hydrogen) atoms. The summed E-state index contributed by atoms with van der Waals surface area (Å²) in [5.74, 6) is -0.921. The Labute approximate surface area is 321 Å². The van der Waals surface area contributed by atoms with Crippen LogP contribution in [0.1, 0.15) is 23.4 Å². The normalized spacial score (nSPS) is 14.5. The van der Waals surface area contributed by atoms with Crippen molar-refractivity contribution < 1.29 is 60.1 Å². The predicted molar refractivity (Wildman–Crippen MR) is 197 cm³/mol. The SMILES string of the molecule is O=S(=O)([O-])CCCN1/C(=C/C(=C/c2sc3ccc4ccccc4c3[n+]2CCCS(=O)(=O)[O-])c2ccccc2)Sc2ccc3ccccc3c21.[Na+]. The van der Waals surface area contributed by atoms with E-state index in [1.807, 2.05) is 66.7 Å². The van der Waals surface area contributed by atoms with E-state index in [2.05, 4.69) is 58.0 Å². The summed E-state index contributed by atoms with van der Waals surface area (Å²) in [5.41, 5.74) is 3.80. The third-order valence-corrected chi connectivity index (χ3v) is 12.2. The summed E-state index contributed by atoms with van der Waals surface area (Å²) in [6.45, 7) is 0.670. The number of nitrogens with zero attached hydrogens (tertiary/aromatic N) is 2. The summed E-state index contributed by atoms with van der Waals surface area (Å²) >= 11 is 3.18. The molecule has 13 heteroatoms. The molecule has 1 aliphatic heterocycles. The van der Waals surface area contributed by atoms with Crippen molar-refractivity contribution in [1.82, 2.24) is 0 Å². The number of hydrogen-bond acceptors (Lipinski definition) is 9. The molecule has 1 aliphatic rings. The first kappa shape index (κ1) is 36.7. The number of aromatic nitrogens is 1. The van der Waals surface area contributed by atoms with Gasteiger partial charge in [-0.2, -0.15) is 4.57 Å². The van der Waals surface area contributed by atoms with Gasteiger partial charge in [0, 0.05) is 40.8 Å². The summed E-state index contributed by atoms with van der Waals surface area (Å²) in [6.07, 6.45) is 4.52. The number of thioether (sulfide) groups is 1. The first-order valence-electron chi connectivity index (χ1n) is 15.7. The summed E-state index contributed by atoms with van der Waals surface area (Å²) in [7, 11) is -8.77. The third kappa shape index (κ3) is 8.20. The maximum absolute atomic E-state index is 11.6. The zero-order valence-corrected chi connectivity index (χ0v) is 32.5. The van der Waals surface area contributed by atoms with Crippen LogP contribution in [0.5, 0.6) is 0 Å². The standard InChI is InChI=1S/C37H32N2O6S4.Na/c40-48(41,42)22-8-20-38-34(46-32-18-16-27-12-4-6-14-30(27)36(32)38)24-29(26-10-2-1-3-11-26)25-35-39(21-9-23-49(43,44)45)37-31-15-7-5-13-28(31)17-19-33(37)47-35;/h1-7,10-19,24-25H,8-9,20-23H2,(H-,40,41,42,43,44,45);/q;+1/p-1. The molecule has 0 saturated heterocycles. The number of aryl methyl sites for hydroxylation is 1. The molecular formula is C37H31N2NaO6S4.